The highest BCUT2D eigenvalue weighted by molar-refractivity contribution is 5.47. The second-order valence-corrected chi connectivity index (χ2v) is 3.33. The Morgan fingerprint density at radius 3 is 2.75 bits per heavy atom. The summed E-state index contributed by atoms with van der Waals surface area (Å²) in [6.07, 6.45) is 1.88. The molecular weight excluding hydrogens is 146 g/mol. The normalized spacial score (nSPS) is 10.2. The zero-order chi connectivity index (χ0) is 8.97. The summed E-state index contributed by atoms with van der Waals surface area (Å²) in [5.74, 6) is 0. The average Bonchev–Trinajstić information content (AvgIpc) is 2.03. The summed E-state index contributed by atoms with van der Waals surface area (Å²) >= 11 is 0. The minimum absolute atomic E-state index is 1.07. The zero-order valence-electron chi connectivity index (χ0n) is 7.80. The third kappa shape index (κ3) is 2.51. The van der Waals surface area contributed by atoms with E-state index in [0.29, 0.717) is 0 Å². The summed E-state index contributed by atoms with van der Waals surface area (Å²) in [5.41, 5.74) is 2.57. The predicted molar refractivity (Wildman–Crippen MR) is 53.0 cm³/mol. The van der Waals surface area contributed by atoms with E-state index in [4.69, 9.17) is 0 Å². The van der Waals surface area contributed by atoms with Gasteiger partial charge in [0.1, 0.15) is 6.54 Å². The molecule has 12 heavy (non-hydrogen) atoms. The Balaban J connectivity index is 2.79. The van der Waals surface area contributed by atoms with E-state index in [1.165, 1.54) is 16.0 Å². The van der Waals surface area contributed by atoms with Crippen LogP contribution in [0.15, 0.2) is 30.8 Å². The molecule has 0 aromatic heterocycles. The fraction of sp³-hybridized carbons (Fsp3) is 0.273. The Morgan fingerprint density at radius 1 is 1.42 bits per heavy atom. The van der Waals surface area contributed by atoms with Crippen LogP contribution < -0.4 is 4.90 Å². The van der Waals surface area contributed by atoms with E-state index < -0.39 is 0 Å². The number of hydrogen-bond donors (Lipinski definition) is 1. The zero-order valence-corrected chi connectivity index (χ0v) is 7.80. The van der Waals surface area contributed by atoms with Crippen molar-refractivity contribution >= 4 is 6.08 Å². The van der Waals surface area contributed by atoms with Crippen LogP contribution in [-0.2, 0) is 6.54 Å². The highest BCUT2D eigenvalue weighted by Gasteiger charge is 1.97. The van der Waals surface area contributed by atoms with Gasteiger partial charge in [-0.2, -0.15) is 0 Å². The van der Waals surface area contributed by atoms with Crippen LogP contribution in [0.3, 0.4) is 0 Å². The smallest absolute Gasteiger partial charge is 0.102 e. The number of rotatable bonds is 3. The van der Waals surface area contributed by atoms with Crippen molar-refractivity contribution in [1.82, 2.24) is 0 Å². The van der Waals surface area contributed by atoms with Crippen LogP contribution in [-0.4, -0.2) is 14.1 Å². The lowest BCUT2D eigenvalue weighted by Crippen LogP contribution is -3.04. The van der Waals surface area contributed by atoms with Crippen LogP contribution in [0.5, 0.6) is 0 Å². The van der Waals surface area contributed by atoms with Gasteiger partial charge in [-0.15, -0.1) is 0 Å². The lowest BCUT2D eigenvalue weighted by Gasteiger charge is -2.07. The standard InChI is InChI=1S/C11H15N/c1-4-10-6-5-7-11(8-10)9-12(2)3/h4-8H,1,9H2,2-3H3/p+1. The Hall–Kier alpha value is -1.08. The SMILES string of the molecule is C=Cc1cccc(C[NH+](C)C)c1. The van der Waals surface area contributed by atoms with Gasteiger partial charge < -0.3 is 4.90 Å². The van der Waals surface area contributed by atoms with Crippen LogP contribution in [0.25, 0.3) is 6.08 Å². The third-order valence-electron chi connectivity index (χ3n) is 1.74. The van der Waals surface area contributed by atoms with Crippen molar-refractivity contribution in [3.05, 3.63) is 42.0 Å². The molecule has 0 amide bonds. The summed E-state index contributed by atoms with van der Waals surface area (Å²) in [5, 5.41) is 0. The molecule has 0 fully saturated rings. The molecule has 0 saturated heterocycles. The molecule has 0 radical (unpaired) electrons. The summed E-state index contributed by atoms with van der Waals surface area (Å²) < 4.78 is 0. The molecule has 0 heterocycles. The predicted octanol–water partition coefficient (Wildman–Crippen LogP) is 0.974. The maximum absolute atomic E-state index is 3.74. The van der Waals surface area contributed by atoms with E-state index in [0.717, 1.165) is 6.54 Å². The Morgan fingerprint density at radius 2 is 2.17 bits per heavy atom. The van der Waals surface area contributed by atoms with E-state index in [-0.39, 0.29) is 0 Å². The van der Waals surface area contributed by atoms with Gasteiger partial charge >= 0.3 is 0 Å². The van der Waals surface area contributed by atoms with Gasteiger partial charge in [0.2, 0.25) is 0 Å². The number of benzene rings is 1. The van der Waals surface area contributed by atoms with Crippen molar-refractivity contribution in [2.45, 2.75) is 6.54 Å². The second kappa shape index (κ2) is 4.07. The maximum Gasteiger partial charge on any atom is 0.102 e. The molecule has 0 atom stereocenters. The molecule has 1 heteroatoms. The monoisotopic (exact) mass is 162 g/mol. The first kappa shape index (κ1) is 9.01. The van der Waals surface area contributed by atoms with Gasteiger partial charge in [-0.05, 0) is 11.6 Å². The van der Waals surface area contributed by atoms with Gasteiger partial charge in [-0.3, -0.25) is 0 Å². The molecule has 0 aliphatic heterocycles. The molecule has 0 aliphatic rings. The van der Waals surface area contributed by atoms with Crippen LogP contribution in [0, 0.1) is 0 Å². The van der Waals surface area contributed by atoms with E-state index in [1.807, 2.05) is 6.08 Å². The number of quaternary nitrogens is 1. The molecule has 64 valence electrons. The van der Waals surface area contributed by atoms with Crippen LogP contribution in [0.1, 0.15) is 11.1 Å². The minimum atomic E-state index is 1.07. The van der Waals surface area contributed by atoms with Crippen molar-refractivity contribution in [3.8, 4) is 0 Å². The Bertz CT molecular complexity index is 263. The van der Waals surface area contributed by atoms with Crippen molar-refractivity contribution in [3.63, 3.8) is 0 Å². The molecule has 1 aromatic rings. The fourth-order valence-electron chi connectivity index (χ4n) is 1.24. The summed E-state index contributed by atoms with van der Waals surface area (Å²) in [6.45, 7) is 4.82. The fourth-order valence-corrected chi connectivity index (χ4v) is 1.24. The molecule has 1 N–H and O–H groups in total. The highest BCUT2D eigenvalue weighted by Crippen LogP contribution is 2.04. The first-order valence-electron chi connectivity index (χ1n) is 4.23. The van der Waals surface area contributed by atoms with Crippen molar-refractivity contribution in [2.24, 2.45) is 0 Å². The quantitative estimate of drug-likeness (QED) is 0.675. The molecular formula is C11H16N+. The summed E-state index contributed by atoms with van der Waals surface area (Å²) in [6, 6.07) is 8.48. The number of hydrogen-bond acceptors (Lipinski definition) is 0. The maximum atomic E-state index is 3.74. The summed E-state index contributed by atoms with van der Waals surface area (Å²) in [4.78, 5) is 1.44. The van der Waals surface area contributed by atoms with E-state index in [9.17, 15) is 0 Å². The highest BCUT2D eigenvalue weighted by atomic mass is 15.0. The molecule has 0 bridgehead atoms. The van der Waals surface area contributed by atoms with Gasteiger partial charge in [-0.1, -0.05) is 30.9 Å². The van der Waals surface area contributed by atoms with Crippen molar-refractivity contribution in [1.29, 1.82) is 0 Å². The summed E-state index contributed by atoms with van der Waals surface area (Å²) in [7, 11) is 4.31. The van der Waals surface area contributed by atoms with Gasteiger partial charge in [0.25, 0.3) is 0 Å². The van der Waals surface area contributed by atoms with Crippen molar-refractivity contribution < 1.29 is 4.90 Å². The molecule has 1 rings (SSSR count). The Labute approximate surface area is 74.3 Å². The molecule has 0 unspecified atom stereocenters. The molecule has 0 aliphatic carbocycles. The minimum Gasteiger partial charge on any atom is -0.336 e. The lowest BCUT2D eigenvalue weighted by atomic mass is 10.1. The van der Waals surface area contributed by atoms with Crippen LogP contribution >= 0.6 is 0 Å². The van der Waals surface area contributed by atoms with E-state index in [2.05, 4.69) is 44.9 Å². The molecule has 1 nitrogen and oxygen atoms in total. The molecule has 0 spiro atoms. The number of nitrogens with one attached hydrogen (secondary N) is 1. The van der Waals surface area contributed by atoms with Crippen molar-refractivity contribution in [2.75, 3.05) is 14.1 Å². The van der Waals surface area contributed by atoms with Gasteiger partial charge in [0.15, 0.2) is 0 Å². The second-order valence-electron chi connectivity index (χ2n) is 3.33. The lowest BCUT2D eigenvalue weighted by molar-refractivity contribution is -0.872. The van der Waals surface area contributed by atoms with E-state index >= 15 is 0 Å². The van der Waals surface area contributed by atoms with Crippen LogP contribution in [0.4, 0.5) is 0 Å². The molecule has 0 saturated carbocycles. The topological polar surface area (TPSA) is 4.44 Å². The first-order chi connectivity index (χ1) is 5.72. The molecule has 1 aromatic carbocycles. The Kier molecular flexibility index (Phi) is 3.06. The van der Waals surface area contributed by atoms with Gasteiger partial charge in [-0.25, -0.2) is 0 Å². The van der Waals surface area contributed by atoms with Gasteiger partial charge in [0, 0.05) is 5.56 Å². The first-order valence-corrected chi connectivity index (χ1v) is 4.23. The largest absolute Gasteiger partial charge is 0.336 e. The van der Waals surface area contributed by atoms with E-state index in [1.54, 1.807) is 0 Å². The average molecular weight is 162 g/mol. The van der Waals surface area contributed by atoms with Crippen LogP contribution in [0.2, 0.25) is 0 Å². The third-order valence-corrected chi connectivity index (χ3v) is 1.74. The van der Waals surface area contributed by atoms with Gasteiger partial charge in [0.05, 0.1) is 14.1 Å².